The summed E-state index contributed by atoms with van der Waals surface area (Å²) < 4.78 is 2.18. The average molecular weight is 395 g/mol. The molecule has 2 heterocycles. The highest BCUT2D eigenvalue weighted by Crippen LogP contribution is 2.21. The van der Waals surface area contributed by atoms with Crippen LogP contribution in [-0.4, -0.2) is 24.9 Å². The van der Waals surface area contributed by atoms with Gasteiger partial charge in [-0.2, -0.15) is 0 Å². The first-order valence-corrected chi connectivity index (χ1v) is 8.49. The number of anilines is 1. The smallest absolute Gasteiger partial charge is 0.321 e. The van der Waals surface area contributed by atoms with Crippen LogP contribution in [-0.2, 0) is 18.9 Å². The van der Waals surface area contributed by atoms with Crippen LogP contribution < -0.4 is 16.6 Å². The summed E-state index contributed by atoms with van der Waals surface area (Å²) in [6.07, 6.45) is 4.21. The Balaban J connectivity index is 1.96. The predicted molar refractivity (Wildman–Crippen MR) is 108 cm³/mol. The summed E-state index contributed by atoms with van der Waals surface area (Å²) in [6, 6.07) is 5.70. The quantitative estimate of drug-likeness (QED) is 0.405. The number of pyridine rings is 1. The molecule has 148 valence electrons. The van der Waals surface area contributed by atoms with Crippen molar-refractivity contribution in [1.29, 1.82) is 0 Å². The van der Waals surface area contributed by atoms with E-state index in [1.165, 1.54) is 61.3 Å². The second-order valence-electron chi connectivity index (χ2n) is 6.39. The van der Waals surface area contributed by atoms with Gasteiger partial charge in [0.25, 0.3) is 11.2 Å². The molecule has 1 amide bonds. The first kappa shape index (κ1) is 19.7. The number of rotatable bonds is 4. The Morgan fingerprint density at radius 3 is 2.45 bits per heavy atom. The Kier molecular flexibility index (Phi) is 5.09. The number of aromatic nitrogens is 3. The van der Waals surface area contributed by atoms with Gasteiger partial charge in [-0.25, -0.2) is 9.78 Å². The van der Waals surface area contributed by atoms with E-state index in [-0.39, 0.29) is 22.4 Å². The Morgan fingerprint density at radius 2 is 1.83 bits per heavy atom. The van der Waals surface area contributed by atoms with Gasteiger partial charge in [-0.15, -0.1) is 0 Å². The Bertz CT molecular complexity index is 1290. The van der Waals surface area contributed by atoms with Crippen molar-refractivity contribution in [3.05, 3.63) is 78.6 Å². The van der Waals surface area contributed by atoms with Crippen molar-refractivity contribution in [2.75, 3.05) is 5.32 Å². The van der Waals surface area contributed by atoms with Crippen molar-refractivity contribution in [3.63, 3.8) is 0 Å². The molecule has 0 saturated carbocycles. The Labute approximate surface area is 163 Å². The van der Waals surface area contributed by atoms with E-state index in [1.54, 1.807) is 6.92 Å². The highest BCUT2D eigenvalue weighted by Gasteiger charge is 2.16. The van der Waals surface area contributed by atoms with Crippen molar-refractivity contribution in [3.8, 4) is 0 Å². The molecule has 10 heteroatoms. The summed E-state index contributed by atoms with van der Waals surface area (Å²) in [6.45, 7) is 1.69. The van der Waals surface area contributed by atoms with Crippen LogP contribution in [0.3, 0.4) is 0 Å². The number of hydrogen-bond donors (Lipinski definition) is 1. The van der Waals surface area contributed by atoms with E-state index >= 15 is 0 Å². The third-order valence-corrected chi connectivity index (χ3v) is 4.44. The minimum atomic E-state index is -0.561. The molecular formula is C19H17N5O5. The lowest BCUT2D eigenvalue weighted by molar-refractivity contribution is -0.384. The number of benzene rings is 1. The van der Waals surface area contributed by atoms with Gasteiger partial charge in [0.1, 0.15) is 5.39 Å². The zero-order valence-corrected chi connectivity index (χ0v) is 15.9. The molecule has 3 rings (SSSR count). The van der Waals surface area contributed by atoms with Crippen molar-refractivity contribution in [1.82, 2.24) is 14.1 Å². The van der Waals surface area contributed by atoms with Crippen LogP contribution in [0.25, 0.3) is 17.1 Å². The molecule has 0 aliphatic carbocycles. The number of hydrogen-bond acceptors (Lipinski definition) is 6. The zero-order chi connectivity index (χ0) is 21.3. The summed E-state index contributed by atoms with van der Waals surface area (Å²) >= 11 is 0. The van der Waals surface area contributed by atoms with E-state index in [0.29, 0.717) is 11.1 Å². The minimum Gasteiger partial charge on any atom is -0.321 e. The number of nitro benzene ring substituents is 1. The largest absolute Gasteiger partial charge is 0.332 e. The molecule has 0 bridgehead atoms. The number of aryl methyl sites for hydroxylation is 2. The molecule has 0 spiro atoms. The Morgan fingerprint density at radius 1 is 1.17 bits per heavy atom. The molecular weight excluding hydrogens is 378 g/mol. The van der Waals surface area contributed by atoms with Gasteiger partial charge in [-0.3, -0.25) is 28.8 Å². The van der Waals surface area contributed by atoms with Crippen LogP contribution in [0.2, 0.25) is 0 Å². The molecule has 0 aliphatic heterocycles. The molecule has 0 unspecified atom stereocenters. The number of fused-ring (bicyclic) bond motifs is 1. The zero-order valence-electron chi connectivity index (χ0n) is 15.9. The summed E-state index contributed by atoms with van der Waals surface area (Å²) in [5, 5.41) is 13.5. The molecule has 3 aromatic rings. The van der Waals surface area contributed by atoms with E-state index < -0.39 is 22.1 Å². The number of nitro groups is 1. The monoisotopic (exact) mass is 395 g/mol. The molecule has 29 heavy (non-hydrogen) atoms. The van der Waals surface area contributed by atoms with Gasteiger partial charge >= 0.3 is 5.69 Å². The third kappa shape index (κ3) is 3.68. The number of nitrogens with one attached hydrogen (secondary N) is 1. The molecule has 0 saturated heterocycles. The molecule has 0 radical (unpaired) electrons. The topological polar surface area (TPSA) is 129 Å². The summed E-state index contributed by atoms with van der Waals surface area (Å²) in [7, 11) is 2.85. The molecule has 0 fully saturated rings. The van der Waals surface area contributed by atoms with Crippen LogP contribution in [0.5, 0.6) is 0 Å². The first-order chi connectivity index (χ1) is 13.7. The van der Waals surface area contributed by atoms with Gasteiger partial charge in [-0.1, -0.05) is 0 Å². The highest BCUT2D eigenvalue weighted by atomic mass is 16.6. The molecule has 1 aromatic carbocycles. The van der Waals surface area contributed by atoms with Crippen LogP contribution >= 0.6 is 0 Å². The first-order valence-electron chi connectivity index (χ1n) is 8.49. The fourth-order valence-electron chi connectivity index (χ4n) is 2.83. The normalized spacial score (nSPS) is 11.1. The number of nitrogens with zero attached hydrogens (tertiary/aromatic N) is 4. The number of non-ortho nitro benzene ring substituents is 1. The van der Waals surface area contributed by atoms with Crippen LogP contribution in [0.1, 0.15) is 11.1 Å². The number of amides is 1. The molecule has 2 aromatic heterocycles. The molecule has 0 atom stereocenters. The van der Waals surface area contributed by atoms with Gasteiger partial charge in [0.2, 0.25) is 5.91 Å². The van der Waals surface area contributed by atoms with Crippen LogP contribution in [0, 0.1) is 17.0 Å². The number of carbonyl (C=O) groups excluding carboxylic acids is 1. The van der Waals surface area contributed by atoms with Gasteiger partial charge in [0, 0.05) is 38.5 Å². The lowest BCUT2D eigenvalue weighted by atomic mass is 10.1. The van der Waals surface area contributed by atoms with E-state index in [4.69, 9.17) is 0 Å². The fourth-order valence-corrected chi connectivity index (χ4v) is 2.83. The maximum absolute atomic E-state index is 12.6. The maximum Gasteiger partial charge on any atom is 0.332 e. The molecule has 1 N–H and O–H groups in total. The SMILES string of the molecule is Cc1cnc2c(c1NC(=O)/C=C\c1ccc([N+](=O)[O-])cc1)c(=O)n(C)c(=O)n2C. The second kappa shape index (κ2) is 7.50. The van der Waals surface area contributed by atoms with Crippen molar-refractivity contribution >= 4 is 34.4 Å². The lowest BCUT2D eigenvalue weighted by Crippen LogP contribution is -2.37. The van der Waals surface area contributed by atoms with Crippen molar-refractivity contribution < 1.29 is 9.72 Å². The van der Waals surface area contributed by atoms with E-state index in [2.05, 4.69) is 10.3 Å². The standard InChI is InChI=1S/C19H17N5O5/c1-11-10-20-17-15(18(26)23(3)19(27)22(17)2)16(11)21-14(25)9-6-12-4-7-13(8-5-12)24(28)29/h4-10H,1-3H3,(H,20,21,25)/b9-6-. The molecule has 10 nitrogen and oxygen atoms in total. The molecule has 0 aliphatic rings. The summed E-state index contributed by atoms with van der Waals surface area (Å²) in [5.74, 6) is -0.505. The van der Waals surface area contributed by atoms with Gasteiger partial charge in [-0.05, 0) is 36.3 Å². The highest BCUT2D eigenvalue weighted by molar-refractivity contribution is 6.07. The number of carbonyl (C=O) groups is 1. The maximum atomic E-state index is 12.6. The average Bonchev–Trinajstić information content (AvgIpc) is 2.70. The predicted octanol–water partition coefficient (Wildman–Crippen LogP) is 1.50. The van der Waals surface area contributed by atoms with Crippen molar-refractivity contribution in [2.24, 2.45) is 14.1 Å². The van der Waals surface area contributed by atoms with Gasteiger partial charge in [0.05, 0.1) is 10.6 Å². The Hall–Kier alpha value is -4.08. The van der Waals surface area contributed by atoms with E-state index in [0.717, 1.165) is 4.57 Å². The second-order valence-corrected chi connectivity index (χ2v) is 6.39. The van der Waals surface area contributed by atoms with E-state index in [1.807, 2.05) is 0 Å². The van der Waals surface area contributed by atoms with Crippen LogP contribution in [0.15, 0.2) is 46.1 Å². The van der Waals surface area contributed by atoms with Gasteiger partial charge in [0.15, 0.2) is 5.65 Å². The van der Waals surface area contributed by atoms with Crippen molar-refractivity contribution in [2.45, 2.75) is 6.92 Å². The van der Waals surface area contributed by atoms with Crippen LogP contribution in [0.4, 0.5) is 11.4 Å². The third-order valence-electron chi connectivity index (χ3n) is 4.44. The fraction of sp³-hybridized carbons (Fsp3) is 0.158. The minimum absolute atomic E-state index is 0.0491. The summed E-state index contributed by atoms with van der Waals surface area (Å²) in [5.41, 5.74) is 0.462. The summed E-state index contributed by atoms with van der Waals surface area (Å²) in [4.78, 5) is 51.4. The lowest BCUT2D eigenvalue weighted by Gasteiger charge is -2.12. The van der Waals surface area contributed by atoms with Gasteiger partial charge < -0.3 is 5.32 Å². The van der Waals surface area contributed by atoms with E-state index in [9.17, 15) is 24.5 Å².